The Kier molecular flexibility index (Phi) is 55.0. The van der Waals surface area contributed by atoms with Gasteiger partial charge in [0.05, 0.1) is 0 Å². The van der Waals surface area contributed by atoms with Crippen molar-refractivity contribution in [3.05, 3.63) is 0 Å². The highest BCUT2D eigenvalue weighted by molar-refractivity contribution is 8.67. The van der Waals surface area contributed by atoms with E-state index in [0.29, 0.717) is 6.42 Å². The van der Waals surface area contributed by atoms with E-state index in [2.05, 4.69) is 0 Å². The third-order valence-corrected chi connectivity index (χ3v) is 15.0. The van der Waals surface area contributed by atoms with Gasteiger partial charge in [0.2, 0.25) is 10.1 Å². The van der Waals surface area contributed by atoms with Crippen LogP contribution in [0.4, 0.5) is 0 Å². The molecular weight excluding hydrogens is 777 g/mol. The van der Waals surface area contributed by atoms with Crippen LogP contribution in [0.1, 0.15) is 334 Å². The predicted molar refractivity (Wildman–Crippen MR) is 271 cm³/mol. The fourth-order valence-corrected chi connectivity index (χ4v) is 10.4. The van der Waals surface area contributed by atoms with Crippen molar-refractivity contribution in [2.24, 2.45) is 0 Å². The minimum absolute atomic E-state index is 0.344. The molecule has 0 aromatic carbocycles. The van der Waals surface area contributed by atoms with Crippen molar-refractivity contribution in [1.29, 1.82) is 0 Å². The highest BCUT2D eigenvalue weighted by Crippen LogP contribution is 2.19. The van der Waals surface area contributed by atoms with E-state index < -0.39 is 16.1 Å². The van der Waals surface area contributed by atoms with Crippen LogP contribution in [-0.4, -0.2) is 25.6 Å². The number of rotatable bonds is 55. The maximum Gasteiger partial charge on any atom is 0.303 e. The van der Waals surface area contributed by atoms with Crippen LogP contribution in [0, 0.1) is 0 Å². The Balaban J connectivity index is 3.07. The molecule has 4 nitrogen and oxygen atoms in total. The first-order valence-electron chi connectivity index (χ1n) is 27.6. The Morgan fingerprint density at radius 2 is 0.400 bits per heavy atom. The van der Waals surface area contributed by atoms with E-state index in [0.717, 1.165) is 35.8 Å². The zero-order valence-corrected chi connectivity index (χ0v) is 42.1. The zero-order valence-electron chi connectivity index (χ0n) is 40.5. The molecule has 0 aliphatic heterocycles. The van der Waals surface area contributed by atoms with E-state index in [-0.39, 0.29) is 0 Å². The molecule has 0 radical (unpaired) electrons. The van der Waals surface area contributed by atoms with Gasteiger partial charge in [0.1, 0.15) is 0 Å². The summed E-state index contributed by atoms with van der Waals surface area (Å²) in [6, 6.07) is 0. The first-order chi connectivity index (χ1) is 29.6. The van der Waals surface area contributed by atoms with Crippen molar-refractivity contribution in [3.63, 3.8) is 0 Å². The summed E-state index contributed by atoms with van der Waals surface area (Å²) >= 11 is 0. The molecule has 0 aromatic rings. The van der Waals surface area contributed by atoms with Gasteiger partial charge in [0.15, 0.2) is 0 Å². The van der Waals surface area contributed by atoms with Gasteiger partial charge in [-0.3, -0.25) is 9.35 Å². The number of carboxylic acids is 1. The molecule has 1 unspecified atom stereocenters. The van der Waals surface area contributed by atoms with Crippen molar-refractivity contribution in [2.75, 3.05) is 5.75 Å². The summed E-state index contributed by atoms with van der Waals surface area (Å²) in [5.74, 6) is 0.171. The maximum atomic E-state index is 10.6. The number of hydrogen-bond acceptors (Lipinski definition) is 3. The lowest BCUT2D eigenvalue weighted by molar-refractivity contribution is -0.137. The van der Waals surface area contributed by atoms with E-state index in [9.17, 15) is 9.00 Å². The minimum Gasteiger partial charge on any atom is -0.481 e. The molecule has 60 heavy (non-hydrogen) atoms. The van der Waals surface area contributed by atoms with Crippen molar-refractivity contribution >= 4 is 26.9 Å². The van der Waals surface area contributed by atoms with Gasteiger partial charge in [-0.05, 0) is 23.6 Å². The number of carbonyl (C=O) groups is 1. The van der Waals surface area contributed by atoms with Gasteiger partial charge in [0, 0.05) is 12.2 Å². The van der Waals surface area contributed by atoms with Gasteiger partial charge in [-0.2, -0.15) is 0 Å². The average Bonchev–Trinajstić information content (AvgIpc) is 3.23. The highest BCUT2D eigenvalue weighted by atomic mass is 33.1. The maximum absolute atomic E-state index is 10.6. The molecule has 2 N–H and O–H groups in total. The second-order valence-corrected chi connectivity index (χ2v) is 21.9. The molecule has 0 amide bonds. The van der Waals surface area contributed by atoms with Crippen LogP contribution < -0.4 is 0 Å². The molecule has 0 fully saturated rings. The largest absolute Gasteiger partial charge is 0.481 e. The van der Waals surface area contributed by atoms with E-state index >= 15 is 0 Å². The molecule has 0 aliphatic carbocycles. The molecular formula is C54H108O4S2. The lowest BCUT2D eigenvalue weighted by Crippen LogP contribution is -1.93. The Hall–Kier alpha value is -0.0700. The van der Waals surface area contributed by atoms with Crippen LogP contribution in [0.3, 0.4) is 0 Å². The van der Waals surface area contributed by atoms with Gasteiger partial charge in [-0.25, -0.2) is 4.21 Å². The van der Waals surface area contributed by atoms with Gasteiger partial charge in [-0.15, -0.1) is 0 Å². The van der Waals surface area contributed by atoms with Crippen LogP contribution in [0.2, 0.25) is 0 Å². The van der Waals surface area contributed by atoms with Crippen LogP contribution in [0.25, 0.3) is 0 Å². The molecule has 0 saturated heterocycles. The summed E-state index contributed by atoms with van der Waals surface area (Å²) in [4.78, 5) is 10.5. The summed E-state index contributed by atoms with van der Waals surface area (Å²) in [5, 5.41) is 8.67. The normalized spacial score (nSPS) is 12.2. The molecule has 360 valence electrons. The number of hydrogen-bond donors (Lipinski definition) is 2. The second-order valence-electron chi connectivity index (χ2n) is 19.2. The molecule has 0 rings (SSSR count). The fourth-order valence-electron chi connectivity index (χ4n) is 9.17. The van der Waals surface area contributed by atoms with Gasteiger partial charge >= 0.3 is 5.97 Å². The predicted octanol–water partition coefficient (Wildman–Crippen LogP) is 20.2. The molecule has 0 aromatic heterocycles. The Bertz CT molecular complexity index is 758. The summed E-state index contributed by atoms with van der Waals surface area (Å²) < 4.78 is 19.3. The summed E-state index contributed by atoms with van der Waals surface area (Å²) in [6.45, 7) is 0. The van der Waals surface area contributed by atoms with Crippen LogP contribution in [0.5, 0.6) is 0 Å². The minimum atomic E-state index is -1.68. The third-order valence-electron chi connectivity index (χ3n) is 13.2. The highest BCUT2D eigenvalue weighted by Gasteiger charge is 2.01. The molecule has 0 spiro atoms. The van der Waals surface area contributed by atoms with E-state index in [1.807, 2.05) is 0 Å². The van der Waals surface area contributed by atoms with Crippen molar-refractivity contribution in [2.45, 2.75) is 334 Å². The molecule has 0 aliphatic rings. The Morgan fingerprint density at radius 1 is 0.267 bits per heavy atom. The van der Waals surface area contributed by atoms with Crippen molar-refractivity contribution in [1.82, 2.24) is 0 Å². The van der Waals surface area contributed by atoms with Crippen LogP contribution in [-0.2, 0) is 14.9 Å². The van der Waals surface area contributed by atoms with E-state index in [1.165, 1.54) is 308 Å². The van der Waals surface area contributed by atoms with Crippen LogP contribution >= 0.6 is 10.8 Å². The first-order valence-corrected chi connectivity index (χ1v) is 30.2. The fraction of sp³-hybridized carbons (Fsp3) is 0.981. The van der Waals surface area contributed by atoms with E-state index in [4.69, 9.17) is 9.66 Å². The molecule has 0 bridgehead atoms. The average molecular weight is 886 g/mol. The Morgan fingerprint density at radius 3 is 0.533 bits per heavy atom. The monoisotopic (exact) mass is 885 g/mol. The van der Waals surface area contributed by atoms with Crippen molar-refractivity contribution in [3.8, 4) is 0 Å². The molecule has 0 heterocycles. The topological polar surface area (TPSA) is 74.6 Å². The SMILES string of the molecule is O=C(O)CCCCCCCCCCCCCCCCCCCCCCCCCCCCCCCCCCCCCCCCCCCCCCCCCCCCCSS(=O)O. The van der Waals surface area contributed by atoms with Crippen molar-refractivity contribution < 1.29 is 18.7 Å². The van der Waals surface area contributed by atoms with Gasteiger partial charge < -0.3 is 5.11 Å². The lowest BCUT2D eigenvalue weighted by atomic mass is 10.0. The van der Waals surface area contributed by atoms with E-state index in [1.54, 1.807) is 0 Å². The summed E-state index contributed by atoms with van der Waals surface area (Å²) in [6.07, 6.45) is 72.0. The number of aliphatic carboxylic acids is 1. The summed E-state index contributed by atoms with van der Waals surface area (Å²) in [7, 11) is -0.523. The molecule has 0 saturated carbocycles. The smallest absolute Gasteiger partial charge is 0.303 e. The third kappa shape index (κ3) is 57.9. The number of unbranched alkanes of at least 4 members (excludes halogenated alkanes) is 50. The lowest BCUT2D eigenvalue weighted by Gasteiger charge is -2.05. The second kappa shape index (κ2) is 55.1. The number of carboxylic acid groups (broad SMARTS) is 1. The molecule has 1 atom stereocenters. The van der Waals surface area contributed by atoms with Gasteiger partial charge in [-0.1, -0.05) is 315 Å². The Labute approximate surface area is 383 Å². The summed E-state index contributed by atoms with van der Waals surface area (Å²) in [5.41, 5.74) is 0. The van der Waals surface area contributed by atoms with Crippen LogP contribution in [0.15, 0.2) is 0 Å². The standard InChI is InChI=1S/C54H108O4S2/c55-54(56)52-50-48-46-44-42-40-38-36-34-32-30-28-26-24-22-20-18-16-14-12-10-8-6-4-2-1-3-5-7-9-11-13-15-17-19-21-23-25-27-29-31-33-35-37-39-41-43-45-47-49-51-53-59-60(57)58/h1-53H2,(H,55,56)(H,57,58). The van der Waals surface area contributed by atoms with Gasteiger partial charge in [0.25, 0.3) is 0 Å². The first kappa shape index (κ1) is 59.9. The molecule has 6 heteroatoms. The zero-order chi connectivity index (χ0) is 43.3. The quantitative estimate of drug-likeness (QED) is 0.0362.